The number of aliphatic hydroxyl groups is 1. The number of aliphatic hydroxyl groups excluding tert-OH is 1. The summed E-state index contributed by atoms with van der Waals surface area (Å²) in [7, 11) is 1.68. The molecule has 0 radical (unpaired) electrons. The van der Waals surface area contributed by atoms with Crippen LogP contribution in [0.4, 0.5) is 0 Å². The maximum atomic E-state index is 11.0. The average Bonchev–Trinajstić information content (AvgIpc) is 2.27. The Morgan fingerprint density at radius 1 is 1.56 bits per heavy atom. The van der Waals surface area contributed by atoms with Crippen molar-refractivity contribution >= 4 is 17.7 Å². The molecule has 16 heavy (non-hydrogen) atoms. The molecule has 0 aromatic carbocycles. The zero-order valence-corrected chi connectivity index (χ0v) is 11.1. The molecule has 0 aromatic rings. The molecule has 0 bridgehead atoms. The lowest BCUT2D eigenvalue weighted by Crippen LogP contribution is -2.47. The van der Waals surface area contributed by atoms with Crippen LogP contribution in [-0.2, 0) is 4.79 Å². The van der Waals surface area contributed by atoms with Crippen molar-refractivity contribution in [3.63, 3.8) is 0 Å². The molecule has 96 valence electrons. The third-order valence-electron chi connectivity index (χ3n) is 2.70. The Kier molecular flexibility index (Phi) is 7.80. The van der Waals surface area contributed by atoms with Gasteiger partial charge in [0.05, 0.1) is 0 Å². The minimum atomic E-state index is -0.816. The molecule has 0 saturated carbocycles. The van der Waals surface area contributed by atoms with Crippen LogP contribution in [0.1, 0.15) is 26.7 Å². The van der Waals surface area contributed by atoms with Crippen LogP contribution >= 0.6 is 11.8 Å². The normalized spacial score (nSPS) is 16.8. The summed E-state index contributed by atoms with van der Waals surface area (Å²) < 4.78 is 0. The predicted molar refractivity (Wildman–Crippen MR) is 67.9 cm³/mol. The van der Waals surface area contributed by atoms with E-state index in [1.54, 1.807) is 25.7 Å². The number of carboxylic acids is 1. The summed E-state index contributed by atoms with van der Waals surface area (Å²) in [6, 6.07) is 0. The molecule has 4 nitrogen and oxygen atoms in total. The number of hydrogen-bond donors (Lipinski definition) is 3. The second kappa shape index (κ2) is 7.92. The summed E-state index contributed by atoms with van der Waals surface area (Å²) in [6.07, 6.45) is 1.49. The van der Waals surface area contributed by atoms with E-state index in [9.17, 15) is 4.79 Å². The molecular formula is C11H23NO3S. The third kappa shape index (κ3) is 5.72. The molecule has 0 fully saturated rings. The minimum absolute atomic E-state index is 0.219. The highest BCUT2D eigenvalue weighted by Gasteiger charge is 2.29. The van der Waals surface area contributed by atoms with E-state index >= 15 is 0 Å². The maximum Gasteiger partial charge on any atom is 0.323 e. The molecule has 0 spiro atoms. The molecule has 0 aliphatic carbocycles. The minimum Gasteiger partial charge on any atom is -0.480 e. The lowest BCUT2D eigenvalue weighted by molar-refractivity contribution is -0.144. The van der Waals surface area contributed by atoms with Crippen molar-refractivity contribution in [1.82, 2.24) is 5.32 Å². The standard InChI is InChI=1S/C11H23NO3S/c1-9(7-13)8-16-6-4-5-11(2,12-3)10(14)15/h9,12-13H,4-8H2,1-3H3,(H,14,15). The highest BCUT2D eigenvalue weighted by atomic mass is 32.2. The van der Waals surface area contributed by atoms with Crippen LogP contribution in [0.5, 0.6) is 0 Å². The van der Waals surface area contributed by atoms with Crippen molar-refractivity contribution in [2.45, 2.75) is 32.2 Å². The van der Waals surface area contributed by atoms with Gasteiger partial charge in [0, 0.05) is 6.61 Å². The first-order chi connectivity index (χ1) is 7.46. The predicted octanol–water partition coefficient (Wildman–Crippen LogP) is 1.19. The lowest BCUT2D eigenvalue weighted by atomic mass is 9.97. The molecule has 0 rings (SSSR count). The second-order valence-corrected chi connectivity index (χ2v) is 5.50. The van der Waals surface area contributed by atoms with Crippen molar-refractivity contribution in [2.75, 3.05) is 25.2 Å². The topological polar surface area (TPSA) is 69.6 Å². The van der Waals surface area contributed by atoms with Crippen LogP contribution < -0.4 is 5.32 Å². The molecule has 0 amide bonds. The van der Waals surface area contributed by atoms with Gasteiger partial charge < -0.3 is 15.5 Å². The van der Waals surface area contributed by atoms with E-state index in [4.69, 9.17) is 10.2 Å². The van der Waals surface area contributed by atoms with Gasteiger partial charge in [0.2, 0.25) is 0 Å². The van der Waals surface area contributed by atoms with Crippen molar-refractivity contribution in [3.8, 4) is 0 Å². The molecule has 5 heteroatoms. The van der Waals surface area contributed by atoms with E-state index < -0.39 is 11.5 Å². The van der Waals surface area contributed by atoms with Crippen LogP contribution in [-0.4, -0.2) is 46.9 Å². The highest BCUT2D eigenvalue weighted by molar-refractivity contribution is 7.99. The molecule has 2 unspecified atom stereocenters. The SMILES string of the molecule is CNC(C)(CCCSCC(C)CO)C(=O)O. The summed E-state index contributed by atoms with van der Waals surface area (Å²) in [4.78, 5) is 11.0. The fourth-order valence-corrected chi connectivity index (χ4v) is 2.23. The van der Waals surface area contributed by atoms with Crippen LogP contribution in [0.15, 0.2) is 0 Å². The van der Waals surface area contributed by atoms with Crippen LogP contribution in [0.2, 0.25) is 0 Å². The largest absolute Gasteiger partial charge is 0.480 e. The fraction of sp³-hybridized carbons (Fsp3) is 0.909. The molecule has 0 heterocycles. The van der Waals surface area contributed by atoms with Gasteiger partial charge >= 0.3 is 5.97 Å². The van der Waals surface area contributed by atoms with Gasteiger partial charge in [-0.25, -0.2) is 0 Å². The van der Waals surface area contributed by atoms with Gasteiger partial charge in [-0.15, -0.1) is 0 Å². The number of rotatable bonds is 9. The van der Waals surface area contributed by atoms with E-state index in [2.05, 4.69) is 5.32 Å². The van der Waals surface area contributed by atoms with E-state index in [1.807, 2.05) is 6.92 Å². The van der Waals surface area contributed by atoms with Crippen LogP contribution in [0.3, 0.4) is 0 Å². The number of thioether (sulfide) groups is 1. The molecule has 0 aliphatic rings. The number of likely N-dealkylation sites (N-methyl/N-ethyl adjacent to an activating group) is 1. The zero-order chi connectivity index (χ0) is 12.6. The van der Waals surface area contributed by atoms with Gasteiger partial charge in [-0.2, -0.15) is 11.8 Å². The fourth-order valence-electron chi connectivity index (χ4n) is 1.20. The van der Waals surface area contributed by atoms with Gasteiger partial charge in [0.1, 0.15) is 5.54 Å². The Morgan fingerprint density at radius 2 is 2.19 bits per heavy atom. The van der Waals surface area contributed by atoms with Crippen molar-refractivity contribution in [3.05, 3.63) is 0 Å². The molecule has 3 N–H and O–H groups in total. The van der Waals surface area contributed by atoms with Crippen molar-refractivity contribution < 1.29 is 15.0 Å². The Labute approximate surface area is 102 Å². The van der Waals surface area contributed by atoms with E-state index in [0.29, 0.717) is 12.3 Å². The molecule has 2 atom stereocenters. The quantitative estimate of drug-likeness (QED) is 0.536. The van der Waals surface area contributed by atoms with Gasteiger partial charge in [-0.3, -0.25) is 4.79 Å². The van der Waals surface area contributed by atoms with Crippen LogP contribution in [0, 0.1) is 5.92 Å². The summed E-state index contributed by atoms with van der Waals surface area (Å²) in [5.41, 5.74) is -0.816. The first-order valence-corrected chi connectivity index (χ1v) is 6.72. The first-order valence-electron chi connectivity index (χ1n) is 5.57. The first kappa shape index (κ1) is 15.7. The number of carbonyl (C=O) groups is 1. The molecule has 0 aliphatic heterocycles. The third-order valence-corrected chi connectivity index (χ3v) is 4.09. The zero-order valence-electron chi connectivity index (χ0n) is 10.3. The number of carboxylic acid groups (broad SMARTS) is 1. The Bertz CT molecular complexity index is 213. The number of aliphatic carboxylic acids is 1. The summed E-state index contributed by atoms with van der Waals surface area (Å²) in [5.74, 6) is 1.39. The molecule has 0 aromatic heterocycles. The molecule has 0 saturated heterocycles. The number of hydrogen-bond acceptors (Lipinski definition) is 4. The van der Waals surface area contributed by atoms with E-state index in [1.165, 1.54) is 0 Å². The maximum absolute atomic E-state index is 11.0. The van der Waals surface area contributed by atoms with Gasteiger partial charge in [0.25, 0.3) is 0 Å². The second-order valence-electron chi connectivity index (χ2n) is 4.35. The summed E-state index contributed by atoms with van der Waals surface area (Å²) >= 11 is 1.77. The lowest BCUT2D eigenvalue weighted by Gasteiger charge is -2.23. The highest BCUT2D eigenvalue weighted by Crippen LogP contribution is 2.16. The average molecular weight is 249 g/mol. The summed E-state index contributed by atoms with van der Waals surface area (Å²) in [6.45, 7) is 3.93. The van der Waals surface area contributed by atoms with Crippen LogP contribution in [0.25, 0.3) is 0 Å². The van der Waals surface area contributed by atoms with Crippen molar-refractivity contribution in [1.29, 1.82) is 0 Å². The Hall–Kier alpha value is -0.260. The Balaban J connectivity index is 3.68. The van der Waals surface area contributed by atoms with E-state index in [0.717, 1.165) is 17.9 Å². The Morgan fingerprint density at radius 3 is 2.62 bits per heavy atom. The van der Waals surface area contributed by atoms with Gasteiger partial charge in [-0.1, -0.05) is 6.92 Å². The van der Waals surface area contributed by atoms with E-state index in [-0.39, 0.29) is 6.61 Å². The van der Waals surface area contributed by atoms with Gasteiger partial charge in [-0.05, 0) is 44.2 Å². The monoisotopic (exact) mass is 249 g/mol. The molecular weight excluding hydrogens is 226 g/mol. The van der Waals surface area contributed by atoms with Crippen molar-refractivity contribution in [2.24, 2.45) is 5.92 Å². The number of nitrogens with one attached hydrogen (secondary N) is 1. The van der Waals surface area contributed by atoms with Gasteiger partial charge in [0.15, 0.2) is 0 Å². The smallest absolute Gasteiger partial charge is 0.323 e. The summed E-state index contributed by atoms with van der Waals surface area (Å²) in [5, 5.41) is 20.7.